The molecule has 7 heteroatoms. The summed E-state index contributed by atoms with van der Waals surface area (Å²) in [6.45, 7) is 3.48. The first-order valence-electron chi connectivity index (χ1n) is 11.4. The van der Waals surface area contributed by atoms with Crippen LogP contribution in [-0.4, -0.2) is 23.0 Å². The number of aromatic nitrogens is 1. The topological polar surface area (TPSA) is 94.3 Å². The number of anilines is 2. The van der Waals surface area contributed by atoms with Crippen molar-refractivity contribution in [2.75, 3.05) is 5.32 Å². The lowest BCUT2D eigenvalue weighted by Crippen LogP contribution is -2.34. The first-order valence-corrected chi connectivity index (χ1v) is 11.8. The molecular weight excluding hydrogens is 450 g/mol. The molecule has 34 heavy (non-hydrogen) atoms. The Morgan fingerprint density at radius 1 is 1.12 bits per heavy atom. The number of aryl methyl sites for hydroxylation is 1. The van der Waals surface area contributed by atoms with E-state index in [0.29, 0.717) is 5.02 Å². The van der Waals surface area contributed by atoms with E-state index in [1.807, 2.05) is 48.5 Å². The van der Waals surface area contributed by atoms with Crippen molar-refractivity contribution in [1.29, 1.82) is 0 Å². The molecule has 3 aromatic rings. The molecule has 1 aromatic heterocycles. The van der Waals surface area contributed by atoms with E-state index in [1.165, 1.54) is 5.56 Å². The molecule has 3 N–H and O–H groups in total. The molecule has 1 amide bonds. The SMILES string of the molecule is CC(C)OC(=O)C(Cc1ccc(Nc2cc(-c3cccc(Cl)c3)nc3c2CCC3)cc1)C(N)=O. The predicted molar refractivity (Wildman–Crippen MR) is 134 cm³/mol. The Morgan fingerprint density at radius 3 is 2.56 bits per heavy atom. The number of hydrogen-bond acceptors (Lipinski definition) is 5. The number of carbonyl (C=O) groups excluding carboxylic acids is 2. The summed E-state index contributed by atoms with van der Waals surface area (Å²) < 4.78 is 5.18. The lowest BCUT2D eigenvalue weighted by Gasteiger charge is -2.16. The molecule has 2 aromatic carbocycles. The third kappa shape index (κ3) is 5.57. The molecule has 1 heterocycles. The molecule has 4 rings (SSSR count). The molecule has 6 nitrogen and oxygen atoms in total. The van der Waals surface area contributed by atoms with Crippen molar-refractivity contribution >= 4 is 34.9 Å². The summed E-state index contributed by atoms with van der Waals surface area (Å²) in [7, 11) is 0. The highest BCUT2D eigenvalue weighted by Crippen LogP contribution is 2.34. The van der Waals surface area contributed by atoms with E-state index in [0.717, 1.165) is 53.2 Å². The molecule has 1 aliphatic carbocycles. The van der Waals surface area contributed by atoms with Gasteiger partial charge in [0.05, 0.1) is 11.8 Å². The maximum Gasteiger partial charge on any atom is 0.319 e. The highest BCUT2D eigenvalue weighted by atomic mass is 35.5. The van der Waals surface area contributed by atoms with Gasteiger partial charge in [0, 0.05) is 27.7 Å². The molecule has 0 aliphatic heterocycles. The predicted octanol–water partition coefficient (Wildman–Crippen LogP) is 5.23. The molecule has 0 saturated heterocycles. The number of fused-ring (bicyclic) bond motifs is 1. The maximum atomic E-state index is 12.2. The second-order valence-electron chi connectivity index (χ2n) is 8.81. The average molecular weight is 478 g/mol. The Bertz CT molecular complexity index is 1210. The van der Waals surface area contributed by atoms with Crippen molar-refractivity contribution in [2.24, 2.45) is 11.7 Å². The number of primary amides is 1. The van der Waals surface area contributed by atoms with Gasteiger partial charge in [0.2, 0.25) is 5.91 Å². The number of nitrogens with one attached hydrogen (secondary N) is 1. The first kappa shape index (κ1) is 23.8. The first-order chi connectivity index (χ1) is 16.3. The standard InChI is InChI=1S/C27H28ClN3O3/c1-16(2)34-27(33)22(26(29)32)13-17-9-11-20(12-10-17)30-25-15-24(18-5-3-6-19(28)14-18)31-23-8-4-7-21(23)25/h3,5-6,9-12,14-16,22H,4,7-8,13H2,1-2H3,(H2,29,32)(H,30,31). The summed E-state index contributed by atoms with van der Waals surface area (Å²) in [5, 5.41) is 4.20. The van der Waals surface area contributed by atoms with E-state index in [2.05, 4.69) is 11.4 Å². The molecule has 0 radical (unpaired) electrons. The van der Waals surface area contributed by atoms with Gasteiger partial charge in [-0.25, -0.2) is 0 Å². The quantitative estimate of drug-likeness (QED) is 0.342. The number of ether oxygens (including phenoxy) is 1. The summed E-state index contributed by atoms with van der Waals surface area (Å²) in [6, 6.07) is 17.4. The second-order valence-corrected chi connectivity index (χ2v) is 9.25. The van der Waals surface area contributed by atoms with Crippen molar-refractivity contribution in [3.63, 3.8) is 0 Å². The minimum atomic E-state index is -1.01. The van der Waals surface area contributed by atoms with E-state index in [9.17, 15) is 9.59 Å². The van der Waals surface area contributed by atoms with Crippen LogP contribution in [0.4, 0.5) is 11.4 Å². The summed E-state index contributed by atoms with van der Waals surface area (Å²) in [6.07, 6.45) is 2.91. The largest absolute Gasteiger partial charge is 0.462 e. The molecule has 176 valence electrons. The Labute approximate surface area is 204 Å². The molecule has 0 bridgehead atoms. The van der Waals surface area contributed by atoms with Gasteiger partial charge in [-0.1, -0.05) is 35.9 Å². The van der Waals surface area contributed by atoms with Crippen LogP contribution in [0, 0.1) is 5.92 Å². The van der Waals surface area contributed by atoms with Crippen molar-refractivity contribution in [3.05, 3.63) is 76.4 Å². The van der Waals surface area contributed by atoms with Crippen LogP contribution in [0.25, 0.3) is 11.3 Å². The molecule has 1 unspecified atom stereocenters. The minimum Gasteiger partial charge on any atom is -0.462 e. The fourth-order valence-corrected chi connectivity index (χ4v) is 4.37. The fraction of sp³-hybridized carbons (Fsp3) is 0.296. The third-order valence-corrected chi connectivity index (χ3v) is 6.06. The summed E-state index contributed by atoms with van der Waals surface area (Å²) in [5.74, 6) is -2.29. The van der Waals surface area contributed by atoms with E-state index in [1.54, 1.807) is 13.8 Å². The Balaban J connectivity index is 1.54. The van der Waals surface area contributed by atoms with Crippen LogP contribution in [0.15, 0.2) is 54.6 Å². The number of carbonyl (C=O) groups is 2. The van der Waals surface area contributed by atoms with Crippen molar-refractivity contribution < 1.29 is 14.3 Å². The van der Waals surface area contributed by atoms with Crippen molar-refractivity contribution in [2.45, 2.75) is 45.6 Å². The zero-order chi connectivity index (χ0) is 24.2. The van der Waals surface area contributed by atoms with E-state index in [-0.39, 0.29) is 12.5 Å². The van der Waals surface area contributed by atoms with E-state index >= 15 is 0 Å². The zero-order valence-electron chi connectivity index (χ0n) is 19.3. The lowest BCUT2D eigenvalue weighted by atomic mass is 9.98. The number of halogens is 1. The molecule has 0 spiro atoms. The summed E-state index contributed by atoms with van der Waals surface area (Å²) >= 11 is 6.19. The van der Waals surface area contributed by atoms with Gasteiger partial charge in [-0.15, -0.1) is 0 Å². The van der Waals surface area contributed by atoms with Crippen LogP contribution in [0.1, 0.15) is 37.1 Å². The number of pyridine rings is 1. The number of esters is 1. The van der Waals surface area contributed by atoms with Gasteiger partial charge < -0.3 is 15.8 Å². The fourth-order valence-electron chi connectivity index (χ4n) is 4.18. The number of rotatable bonds is 8. The third-order valence-electron chi connectivity index (χ3n) is 5.82. The van der Waals surface area contributed by atoms with Gasteiger partial charge in [-0.2, -0.15) is 0 Å². The van der Waals surface area contributed by atoms with Gasteiger partial charge >= 0.3 is 5.97 Å². The van der Waals surface area contributed by atoms with Crippen LogP contribution < -0.4 is 11.1 Å². The van der Waals surface area contributed by atoms with Crippen molar-refractivity contribution in [1.82, 2.24) is 4.98 Å². The molecule has 1 atom stereocenters. The van der Waals surface area contributed by atoms with Crippen LogP contribution in [0.3, 0.4) is 0 Å². The highest BCUT2D eigenvalue weighted by Gasteiger charge is 2.27. The highest BCUT2D eigenvalue weighted by molar-refractivity contribution is 6.30. The van der Waals surface area contributed by atoms with Crippen LogP contribution in [0.2, 0.25) is 5.02 Å². The van der Waals surface area contributed by atoms with Crippen molar-refractivity contribution in [3.8, 4) is 11.3 Å². The van der Waals surface area contributed by atoms with Crippen LogP contribution >= 0.6 is 11.6 Å². The molecule has 0 saturated carbocycles. The number of hydrogen-bond donors (Lipinski definition) is 2. The Morgan fingerprint density at radius 2 is 1.88 bits per heavy atom. The monoisotopic (exact) mass is 477 g/mol. The lowest BCUT2D eigenvalue weighted by molar-refractivity contribution is -0.155. The molecule has 0 fully saturated rings. The van der Waals surface area contributed by atoms with Crippen LogP contribution in [0.5, 0.6) is 0 Å². The van der Waals surface area contributed by atoms with Gasteiger partial charge in [0.1, 0.15) is 5.92 Å². The molecular formula is C27H28ClN3O3. The summed E-state index contributed by atoms with van der Waals surface area (Å²) in [5.41, 5.74) is 12.4. The van der Waals surface area contributed by atoms with Gasteiger partial charge in [0.15, 0.2) is 0 Å². The average Bonchev–Trinajstić information content (AvgIpc) is 3.27. The minimum absolute atomic E-state index is 0.199. The zero-order valence-corrected chi connectivity index (χ0v) is 20.1. The van der Waals surface area contributed by atoms with E-state index in [4.69, 9.17) is 27.1 Å². The number of benzene rings is 2. The van der Waals surface area contributed by atoms with E-state index < -0.39 is 17.8 Å². The van der Waals surface area contributed by atoms with Gasteiger partial charge in [0.25, 0.3) is 0 Å². The Kier molecular flexibility index (Phi) is 7.17. The molecule has 1 aliphatic rings. The summed E-state index contributed by atoms with van der Waals surface area (Å²) in [4.78, 5) is 28.9. The number of nitrogens with two attached hydrogens (primary N) is 1. The van der Waals surface area contributed by atoms with Gasteiger partial charge in [-0.05, 0) is 81.0 Å². The van der Waals surface area contributed by atoms with Gasteiger partial charge in [-0.3, -0.25) is 14.6 Å². The number of amides is 1. The van der Waals surface area contributed by atoms with Crippen LogP contribution in [-0.2, 0) is 33.6 Å². The normalized spacial score (nSPS) is 13.4. The maximum absolute atomic E-state index is 12.2. The Hall–Kier alpha value is -3.38. The number of nitrogens with zero attached hydrogens (tertiary/aromatic N) is 1. The second kappa shape index (κ2) is 10.3. The smallest absolute Gasteiger partial charge is 0.319 e.